The Morgan fingerprint density at radius 2 is 2.05 bits per heavy atom. The molecule has 0 saturated heterocycles. The minimum atomic E-state index is -0.193. The largest absolute Gasteiger partial charge is 0.465 e. The molecule has 1 amide bonds. The van der Waals surface area contributed by atoms with Crippen molar-refractivity contribution in [2.75, 3.05) is 6.61 Å². The van der Waals surface area contributed by atoms with Crippen LogP contribution < -0.4 is 5.48 Å². The number of hydroxylamine groups is 1. The van der Waals surface area contributed by atoms with Crippen molar-refractivity contribution in [3.63, 3.8) is 0 Å². The topological polar surface area (TPSA) is 51.5 Å². The Hall–Kier alpha value is -1.29. The zero-order valence-corrected chi connectivity index (χ0v) is 12.5. The summed E-state index contributed by atoms with van der Waals surface area (Å²) in [5.41, 5.74) is 3.16. The molecule has 112 valence electrons. The molecule has 1 fully saturated rings. The lowest BCUT2D eigenvalue weighted by Crippen LogP contribution is -2.27. The smallest absolute Gasteiger partial charge is 0.278 e. The van der Waals surface area contributed by atoms with Gasteiger partial charge in [-0.25, -0.2) is 5.48 Å². The summed E-state index contributed by atoms with van der Waals surface area (Å²) in [5, 5.41) is 0. The van der Waals surface area contributed by atoms with Crippen LogP contribution in [0.2, 0.25) is 0 Å². The zero-order chi connectivity index (χ0) is 14.4. The molecule has 20 heavy (non-hydrogen) atoms. The second kappa shape index (κ2) is 7.48. The fourth-order valence-corrected chi connectivity index (χ4v) is 2.75. The molecule has 0 atom stereocenters. The highest BCUT2D eigenvalue weighted by molar-refractivity contribution is 5.94. The van der Waals surface area contributed by atoms with Gasteiger partial charge < -0.3 is 4.42 Å². The first-order valence-corrected chi connectivity index (χ1v) is 7.78. The molecular formula is C16H25NO3. The van der Waals surface area contributed by atoms with Gasteiger partial charge in [0.2, 0.25) is 0 Å². The maximum Gasteiger partial charge on any atom is 0.278 e. The Morgan fingerprint density at radius 3 is 2.70 bits per heavy atom. The summed E-state index contributed by atoms with van der Waals surface area (Å²) in [7, 11) is 0. The van der Waals surface area contributed by atoms with E-state index in [1.165, 1.54) is 32.1 Å². The van der Waals surface area contributed by atoms with Gasteiger partial charge in [0.15, 0.2) is 0 Å². The third-order valence-electron chi connectivity index (χ3n) is 3.98. The Bertz CT molecular complexity index is 433. The summed E-state index contributed by atoms with van der Waals surface area (Å²) in [6.45, 7) is 4.61. The van der Waals surface area contributed by atoms with Crippen molar-refractivity contribution in [2.24, 2.45) is 5.92 Å². The molecule has 1 N–H and O–H groups in total. The molecular weight excluding hydrogens is 254 g/mol. The lowest BCUT2D eigenvalue weighted by molar-refractivity contribution is 0.0105. The molecule has 1 aromatic rings. The van der Waals surface area contributed by atoms with Gasteiger partial charge in [-0.15, -0.1) is 0 Å². The fourth-order valence-electron chi connectivity index (χ4n) is 2.75. The summed E-state index contributed by atoms with van der Waals surface area (Å²) in [6, 6.07) is 1.82. The van der Waals surface area contributed by atoms with Gasteiger partial charge in [-0.3, -0.25) is 9.63 Å². The third-order valence-corrected chi connectivity index (χ3v) is 3.98. The number of amides is 1. The van der Waals surface area contributed by atoms with Gasteiger partial charge in [-0.2, -0.15) is 0 Å². The number of aryl methyl sites for hydroxylation is 2. The second-order valence-corrected chi connectivity index (χ2v) is 5.50. The Balaban J connectivity index is 1.83. The van der Waals surface area contributed by atoms with E-state index in [2.05, 4.69) is 5.48 Å². The van der Waals surface area contributed by atoms with Crippen molar-refractivity contribution in [2.45, 2.75) is 58.8 Å². The molecule has 0 aromatic carbocycles. The van der Waals surface area contributed by atoms with Crippen LogP contribution in [-0.4, -0.2) is 12.5 Å². The van der Waals surface area contributed by atoms with E-state index in [0.29, 0.717) is 24.5 Å². The lowest BCUT2D eigenvalue weighted by Gasteiger charge is -2.20. The molecule has 0 unspecified atom stereocenters. The van der Waals surface area contributed by atoms with Gasteiger partial charge in [0.05, 0.1) is 12.2 Å². The molecule has 0 spiro atoms. The van der Waals surface area contributed by atoms with Crippen molar-refractivity contribution in [1.29, 1.82) is 0 Å². The van der Waals surface area contributed by atoms with Crippen molar-refractivity contribution in [1.82, 2.24) is 5.48 Å². The number of hydrogen-bond donors (Lipinski definition) is 1. The molecule has 0 aliphatic heterocycles. The highest BCUT2D eigenvalue weighted by Gasteiger charge is 2.18. The van der Waals surface area contributed by atoms with Crippen LogP contribution in [0, 0.1) is 5.92 Å². The van der Waals surface area contributed by atoms with Crippen LogP contribution in [-0.2, 0) is 17.7 Å². The summed E-state index contributed by atoms with van der Waals surface area (Å²) in [4.78, 5) is 17.5. The highest BCUT2D eigenvalue weighted by Crippen LogP contribution is 2.23. The van der Waals surface area contributed by atoms with E-state index in [4.69, 9.17) is 9.25 Å². The molecule has 1 heterocycles. The average Bonchev–Trinajstić information content (AvgIpc) is 2.91. The van der Waals surface area contributed by atoms with Gasteiger partial charge in [0, 0.05) is 12.8 Å². The third kappa shape index (κ3) is 3.85. The lowest BCUT2D eigenvalue weighted by atomic mass is 9.90. The van der Waals surface area contributed by atoms with E-state index < -0.39 is 0 Å². The monoisotopic (exact) mass is 279 g/mol. The van der Waals surface area contributed by atoms with E-state index in [-0.39, 0.29) is 5.91 Å². The van der Waals surface area contributed by atoms with Gasteiger partial charge in [0.25, 0.3) is 5.91 Å². The number of carbonyl (C=O) groups excluding carboxylic acids is 1. The molecule has 0 bridgehead atoms. The number of carbonyl (C=O) groups is 1. The van der Waals surface area contributed by atoms with Crippen LogP contribution in [0.25, 0.3) is 0 Å². The number of hydrogen-bond acceptors (Lipinski definition) is 3. The van der Waals surface area contributed by atoms with Crippen LogP contribution in [0.15, 0.2) is 10.5 Å². The summed E-state index contributed by atoms with van der Waals surface area (Å²) < 4.78 is 5.61. The molecule has 4 heteroatoms. The minimum absolute atomic E-state index is 0.193. The zero-order valence-electron chi connectivity index (χ0n) is 12.5. The number of rotatable bonds is 6. The van der Waals surface area contributed by atoms with Crippen LogP contribution in [0.5, 0.6) is 0 Å². The van der Waals surface area contributed by atoms with Crippen molar-refractivity contribution >= 4 is 5.91 Å². The molecule has 2 rings (SSSR count). The molecule has 1 saturated carbocycles. The first-order valence-electron chi connectivity index (χ1n) is 7.78. The number of nitrogens with one attached hydrogen (secondary N) is 1. The average molecular weight is 279 g/mol. The summed E-state index contributed by atoms with van der Waals surface area (Å²) in [6.07, 6.45) is 7.82. The SMILES string of the molecule is CCc1cc(C(=O)NOCC2CCCCC2)c(CC)o1. The first kappa shape index (κ1) is 15.1. The maximum atomic E-state index is 12.1. The van der Waals surface area contributed by atoms with Crippen LogP contribution in [0.4, 0.5) is 0 Å². The Morgan fingerprint density at radius 1 is 1.30 bits per heavy atom. The van der Waals surface area contributed by atoms with Gasteiger partial charge in [0.1, 0.15) is 11.5 Å². The minimum Gasteiger partial charge on any atom is -0.465 e. The van der Waals surface area contributed by atoms with Crippen molar-refractivity contribution in [3.8, 4) is 0 Å². The Labute approximate surface area is 120 Å². The van der Waals surface area contributed by atoms with E-state index in [1.807, 2.05) is 19.9 Å². The van der Waals surface area contributed by atoms with Gasteiger partial charge >= 0.3 is 0 Å². The highest BCUT2D eigenvalue weighted by atomic mass is 16.7. The predicted octanol–water partition coefficient (Wildman–Crippen LogP) is 3.65. The summed E-state index contributed by atoms with van der Waals surface area (Å²) >= 11 is 0. The first-order chi connectivity index (χ1) is 9.74. The second-order valence-electron chi connectivity index (χ2n) is 5.50. The maximum absolute atomic E-state index is 12.1. The predicted molar refractivity (Wildman–Crippen MR) is 77.5 cm³/mol. The van der Waals surface area contributed by atoms with Crippen LogP contribution >= 0.6 is 0 Å². The standard InChI is InChI=1S/C16H25NO3/c1-3-13-10-14(15(4-2)20-13)16(18)17-19-11-12-8-6-5-7-9-12/h10,12H,3-9,11H2,1-2H3,(H,17,18). The Kier molecular flexibility index (Phi) is 5.65. The fraction of sp³-hybridized carbons (Fsp3) is 0.688. The molecule has 1 aromatic heterocycles. The van der Waals surface area contributed by atoms with E-state index in [0.717, 1.165) is 17.9 Å². The number of furan rings is 1. The van der Waals surface area contributed by atoms with Crippen molar-refractivity contribution < 1.29 is 14.0 Å². The normalized spacial score (nSPS) is 16.3. The van der Waals surface area contributed by atoms with Gasteiger partial charge in [-0.1, -0.05) is 33.1 Å². The van der Waals surface area contributed by atoms with Crippen molar-refractivity contribution in [3.05, 3.63) is 23.2 Å². The van der Waals surface area contributed by atoms with E-state index >= 15 is 0 Å². The van der Waals surface area contributed by atoms with Crippen LogP contribution in [0.3, 0.4) is 0 Å². The quantitative estimate of drug-likeness (QED) is 0.809. The molecule has 4 nitrogen and oxygen atoms in total. The molecule has 1 aliphatic rings. The van der Waals surface area contributed by atoms with Gasteiger partial charge in [-0.05, 0) is 24.8 Å². The van der Waals surface area contributed by atoms with Crippen LogP contribution in [0.1, 0.15) is 67.8 Å². The summed E-state index contributed by atoms with van der Waals surface area (Å²) in [5.74, 6) is 1.98. The van der Waals surface area contributed by atoms with E-state index in [9.17, 15) is 4.79 Å². The van der Waals surface area contributed by atoms with E-state index in [1.54, 1.807) is 0 Å². The molecule has 0 radical (unpaired) electrons. The molecule has 1 aliphatic carbocycles.